The molecule has 0 spiro atoms. The fraction of sp³-hybridized carbons (Fsp3) is 0.200. The monoisotopic (exact) mass is 544 g/mol. The van der Waals surface area contributed by atoms with Gasteiger partial charge in [0.25, 0.3) is 5.91 Å². The lowest BCUT2D eigenvalue weighted by molar-refractivity contribution is 0.103. The molecule has 1 aliphatic rings. The zero-order valence-corrected chi connectivity index (χ0v) is 21.7. The highest BCUT2D eigenvalue weighted by atomic mass is 35.5. The first kappa shape index (κ1) is 24.4. The number of methoxy groups -OCH3 is 1. The maximum absolute atomic E-state index is 13.0. The van der Waals surface area contributed by atoms with Gasteiger partial charge in [0.15, 0.2) is 9.84 Å². The molecule has 1 unspecified atom stereocenters. The lowest BCUT2D eigenvalue weighted by Crippen LogP contribution is -2.20. The van der Waals surface area contributed by atoms with Crippen LogP contribution in [0.5, 0.6) is 23.1 Å². The van der Waals surface area contributed by atoms with Crippen LogP contribution in [0.15, 0.2) is 54.6 Å². The maximum atomic E-state index is 13.0. The second-order valence-corrected chi connectivity index (χ2v) is 11.9. The number of pyridine rings is 1. The predicted molar refractivity (Wildman–Crippen MR) is 140 cm³/mol. The normalized spacial score (nSPS) is 15.1. The summed E-state index contributed by atoms with van der Waals surface area (Å²) in [6.45, 7) is 0.332. The third-order valence-corrected chi connectivity index (χ3v) is 8.50. The number of aromatic nitrogens is 1. The molecule has 1 aliphatic heterocycles. The summed E-state index contributed by atoms with van der Waals surface area (Å²) in [7, 11) is -1.71. The van der Waals surface area contributed by atoms with Crippen molar-refractivity contribution in [2.75, 3.05) is 25.3 Å². The van der Waals surface area contributed by atoms with E-state index in [1.807, 2.05) is 0 Å². The first-order valence-electron chi connectivity index (χ1n) is 10.9. The highest BCUT2D eigenvalue weighted by Gasteiger charge is 2.30. The van der Waals surface area contributed by atoms with Crippen LogP contribution >= 0.6 is 22.9 Å². The van der Waals surface area contributed by atoms with Gasteiger partial charge >= 0.3 is 0 Å². The highest BCUT2D eigenvalue weighted by molar-refractivity contribution is 7.90. The molecule has 4 aromatic rings. The summed E-state index contributed by atoms with van der Waals surface area (Å²) in [5.74, 6) is 1.64. The Balaban J connectivity index is 1.38. The minimum absolute atomic E-state index is 0.157. The number of carbonyl (C=O) groups is 1. The number of rotatable bonds is 6. The van der Waals surface area contributed by atoms with E-state index in [0.717, 1.165) is 10.1 Å². The number of thiophene rings is 1. The summed E-state index contributed by atoms with van der Waals surface area (Å²) in [5, 5.41) is 3.14. The van der Waals surface area contributed by atoms with Crippen molar-refractivity contribution < 1.29 is 27.4 Å². The zero-order valence-electron chi connectivity index (χ0n) is 19.3. The average Bonchev–Trinajstić information content (AvgIpc) is 3.25. The van der Waals surface area contributed by atoms with Crippen LogP contribution in [0.4, 0.5) is 5.69 Å². The van der Waals surface area contributed by atoms with Crippen LogP contribution in [0, 0.1) is 0 Å². The summed E-state index contributed by atoms with van der Waals surface area (Å²) in [4.78, 5) is 17.6. The van der Waals surface area contributed by atoms with Crippen molar-refractivity contribution in [3.8, 4) is 23.1 Å². The minimum atomic E-state index is -3.28. The van der Waals surface area contributed by atoms with Gasteiger partial charge in [0.2, 0.25) is 5.88 Å². The molecule has 1 amide bonds. The number of nitrogens with one attached hydrogen (secondary N) is 1. The lowest BCUT2D eigenvalue weighted by atomic mass is 10.0. The lowest BCUT2D eigenvalue weighted by Gasteiger charge is -2.24. The third-order valence-electron chi connectivity index (χ3n) is 5.68. The summed E-state index contributed by atoms with van der Waals surface area (Å²) >= 11 is 7.45. The summed E-state index contributed by atoms with van der Waals surface area (Å²) < 4.78 is 41.9. The number of halogens is 1. The molecule has 0 bridgehead atoms. The van der Waals surface area contributed by atoms with Crippen LogP contribution in [0.2, 0.25) is 5.15 Å². The predicted octanol–water partition coefficient (Wildman–Crippen LogP) is 5.87. The van der Waals surface area contributed by atoms with E-state index in [1.165, 1.54) is 23.7 Å². The van der Waals surface area contributed by atoms with Crippen molar-refractivity contribution in [1.29, 1.82) is 0 Å². The Kier molecular flexibility index (Phi) is 6.50. The first-order valence-corrected chi connectivity index (χ1v) is 14.0. The van der Waals surface area contributed by atoms with Gasteiger partial charge in [0.05, 0.1) is 23.8 Å². The standard InChI is InChI=1S/C25H21ClN2O6S2/c1-32-16-3-5-17(6-4-16)34-24-12-15(11-23(26)28-24)27-25(29)21-10-14-9-18-19(13-20(14)35-21)33-8-7-22(18)36(2,30)31/h3-6,9-13,22H,7-8H2,1-2H3,(H,27,28,29). The second-order valence-electron chi connectivity index (χ2n) is 8.24. The molecule has 3 heterocycles. The Morgan fingerprint density at radius 2 is 1.89 bits per heavy atom. The maximum Gasteiger partial charge on any atom is 0.265 e. The van der Waals surface area contributed by atoms with Crippen LogP contribution in [0.3, 0.4) is 0 Å². The van der Waals surface area contributed by atoms with Crippen molar-refractivity contribution >= 4 is 54.5 Å². The molecule has 0 saturated heterocycles. The van der Waals surface area contributed by atoms with Crippen molar-refractivity contribution in [2.45, 2.75) is 11.7 Å². The molecular weight excluding hydrogens is 524 g/mol. The molecule has 2 aromatic carbocycles. The molecule has 11 heteroatoms. The third kappa shape index (κ3) is 5.11. The van der Waals surface area contributed by atoms with E-state index < -0.39 is 15.1 Å². The average molecular weight is 545 g/mol. The van der Waals surface area contributed by atoms with E-state index in [4.69, 9.17) is 25.8 Å². The largest absolute Gasteiger partial charge is 0.497 e. The second kappa shape index (κ2) is 9.61. The van der Waals surface area contributed by atoms with Crippen LogP contribution in [0.25, 0.3) is 10.1 Å². The fourth-order valence-corrected chi connectivity index (χ4v) is 6.34. The minimum Gasteiger partial charge on any atom is -0.497 e. The highest BCUT2D eigenvalue weighted by Crippen LogP contribution is 2.41. The molecule has 8 nitrogen and oxygen atoms in total. The summed E-state index contributed by atoms with van der Waals surface area (Å²) in [6.07, 6.45) is 1.63. The van der Waals surface area contributed by atoms with Crippen LogP contribution in [0.1, 0.15) is 26.9 Å². The molecule has 5 rings (SSSR count). The first-order chi connectivity index (χ1) is 17.2. The molecule has 0 fully saturated rings. The van der Waals surface area contributed by atoms with E-state index >= 15 is 0 Å². The van der Waals surface area contributed by atoms with E-state index in [-0.39, 0.29) is 16.9 Å². The number of hydrogen-bond donors (Lipinski definition) is 1. The van der Waals surface area contributed by atoms with Gasteiger partial charge in [0, 0.05) is 34.7 Å². The molecule has 2 aromatic heterocycles. The molecule has 186 valence electrons. The summed E-state index contributed by atoms with van der Waals surface area (Å²) in [5.41, 5.74) is 1.04. The van der Waals surface area contributed by atoms with Gasteiger partial charge in [-0.25, -0.2) is 13.4 Å². The number of nitrogens with zero attached hydrogens (tertiary/aromatic N) is 1. The Bertz CT molecular complexity index is 1570. The van der Waals surface area contributed by atoms with Crippen molar-refractivity contribution in [3.63, 3.8) is 0 Å². The summed E-state index contributed by atoms with van der Waals surface area (Å²) in [6, 6.07) is 15.4. The fourth-order valence-electron chi connectivity index (χ4n) is 4.01. The Hall–Kier alpha value is -3.34. The van der Waals surface area contributed by atoms with Gasteiger partial charge in [-0.3, -0.25) is 4.79 Å². The SMILES string of the molecule is COc1ccc(Oc2cc(NC(=O)c3cc4cc5c(cc4s3)OCCC5S(C)(=O)=O)cc(Cl)n2)cc1. The smallest absolute Gasteiger partial charge is 0.265 e. The van der Waals surface area contributed by atoms with Gasteiger partial charge in [-0.2, -0.15) is 0 Å². The quantitative estimate of drug-likeness (QED) is 0.303. The number of hydrogen-bond acceptors (Lipinski definition) is 8. The molecule has 0 radical (unpaired) electrons. The number of fused-ring (bicyclic) bond motifs is 2. The van der Waals surface area contributed by atoms with E-state index in [1.54, 1.807) is 55.6 Å². The number of sulfone groups is 1. The zero-order chi connectivity index (χ0) is 25.4. The number of amides is 1. The Morgan fingerprint density at radius 1 is 1.14 bits per heavy atom. The topological polar surface area (TPSA) is 104 Å². The van der Waals surface area contributed by atoms with Gasteiger partial charge < -0.3 is 19.5 Å². The molecule has 36 heavy (non-hydrogen) atoms. The van der Waals surface area contributed by atoms with Crippen molar-refractivity contribution in [1.82, 2.24) is 4.98 Å². The van der Waals surface area contributed by atoms with E-state index in [0.29, 0.717) is 46.4 Å². The molecule has 1 atom stereocenters. The van der Waals surface area contributed by atoms with Crippen molar-refractivity contribution in [3.05, 3.63) is 70.2 Å². The molecule has 1 N–H and O–H groups in total. The number of benzene rings is 2. The van der Waals surface area contributed by atoms with Crippen molar-refractivity contribution in [2.24, 2.45) is 0 Å². The van der Waals surface area contributed by atoms with Crippen LogP contribution < -0.4 is 19.5 Å². The number of carbonyl (C=O) groups excluding carboxylic acids is 1. The Morgan fingerprint density at radius 3 is 2.61 bits per heavy atom. The van der Waals surface area contributed by atoms with E-state index in [9.17, 15) is 13.2 Å². The van der Waals surface area contributed by atoms with E-state index in [2.05, 4.69) is 10.3 Å². The molecular formula is C25H21ClN2O6S2. The number of anilines is 1. The Labute approximate surface area is 216 Å². The van der Waals surface area contributed by atoms with Gasteiger partial charge in [-0.05, 0) is 53.9 Å². The van der Waals surface area contributed by atoms with Crippen LogP contribution in [-0.4, -0.2) is 39.3 Å². The molecule has 0 aliphatic carbocycles. The van der Waals surface area contributed by atoms with Gasteiger partial charge in [0.1, 0.15) is 22.4 Å². The molecule has 0 saturated carbocycles. The van der Waals surface area contributed by atoms with Gasteiger partial charge in [-0.1, -0.05) is 11.6 Å². The van der Waals surface area contributed by atoms with Crippen LogP contribution in [-0.2, 0) is 9.84 Å². The van der Waals surface area contributed by atoms with Gasteiger partial charge in [-0.15, -0.1) is 11.3 Å². The number of ether oxygens (including phenoxy) is 3.